The number of hydrogen-bond donors (Lipinski definition) is 2. The quantitative estimate of drug-likeness (QED) is 0.503. The monoisotopic (exact) mass is 131 g/mol. The molecule has 0 aromatic rings. The Bertz CT molecular complexity index is 87.1. The Balaban J connectivity index is 2.23. The van der Waals surface area contributed by atoms with Crippen LogP contribution < -0.4 is 5.73 Å². The highest BCUT2D eigenvalue weighted by molar-refractivity contribution is 4.72. The fourth-order valence-corrected chi connectivity index (χ4v) is 1.04. The Labute approximate surface area is 54.8 Å². The zero-order chi connectivity index (χ0) is 6.69. The molecule has 0 aromatic carbocycles. The molecule has 3 nitrogen and oxygen atoms in total. The maximum atomic E-state index is 8.63. The van der Waals surface area contributed by atoms with E-state index in [0.717, 1.165) is 12.8 Å². The third-order valence-corrected chi connectivity index (χ3v) is 1.61. The molecule has 0 saturated carbocycles. The first kappa shape index (κ1) is 6.99. The summed E-state index contributed by atoms with van der Waals surface area (Å²) in [4.78, 5) is 0. The zero-order valence-electron chi connectivity index (χ0n) is 5.42. The molecule has 0 radical (unpaired) electrons. The van der Waals surface area contributed by atoms with E-state index >= 15 is 0 Å². The first-order chi connectivity index (χ1) is 4.33. The zero-order valence-corrected chi connectivity index (χ0v) is 5.42. The smallest absolute Gasteiger partial charge is 0.0820 e. The van der Waals surface area contributed by atoms with E-state index in [-0.39, 0.29) is 18.8 Å². The lowest BCUT2D eigenvalue weighted by atomic mass is 10.1. The fourth-order valence-electron chi connectivity index (χ4n) is 1.04. The summed E-state index contributed by atoms with van der Waals surface area (Å²) in [5.41, 5.74) is 5.61. The second-order valence-corrected chi connectivity index (χ2v) is 2.46. The van der Waals surface area contributed by atoms with Crippen molar-refractivity contribution in [3.63, 3.8) is 0 Å². The summed E-state index contributed by atoms with van der Waals surface area (Å²) in [5, 5.41) is 8.63. The van der Waals surface area contributed by atoms with Crippen molar-refractivity contribution in [2.45, 2.75) is 25.0 Å². The van der Waals surface area contributed by atoms with Gasteiger partial charge in [-0.2, -0.15) is 0 Å². The number of aliphatic hydroxyl groups is 1. The van der Waals surface area contributed by atoms with Gasteiger partial charge in [0.15, 0.2) is 0 Å². The van der Waals surface area contributed by atoms with Crippen molar-refractivity contribution < 1.29 is 9.84 Å². The second kappa shape index (κ2) is 3.15. The molecule has 0 spiro atoms. The third-order valence-electron chi connectivity index (χ3n) is 1.61. The summed E-state index contributed by atoms with van der Waals surface area (Å²) in [6, 6.07) is 0.232. The highest BCUT2D eigenvalue weighted by Gasteiger charge is 2.17. The molecule has 2 atom stereocenters. The predicted octanol–water partition coefficient (Wildman–Crippen LogP) is -0.515. The predicted molar refractivity (Wildman–Crippen MR) is 34.0 cm³/mol. The van der Waals surface area contributed by atoms with Gasteiger partial charge >= 0.3 is 0 Å². The topological polar surface area (TPSA) is 55.5 Å². The summed E-state index contributed by atoms with van der Waals surface area (Å²) in [5.74, 6) is 0. The Morgan fingerprint density at radius 3 is 2.89 bits per heavy atom. The Hall–Kier alpha value is -0.120. The van der Waals surface area contributed by atoms with Crippen LogP contribution in [0.4, 0.5) is 0 Å². The molecule has 0 bridgehead atoms. The SMILES string of the molecule is N[C@H]1CCO[C@H](CO)C1. The van der Waals surface area contributed by atoms with Gasteiger partial charge in [-0.05, 0) is 12.8 Å². The molecule has 1 saturated heterocycles. The number of rotatable bonds is 1. The number of nitrogens with two attached hydrogens (primary N) is 1. The lowest BCUT2D eigenvalue weighted by Crippen LogP contribution is -2.36. The highest BCUT2D eigenvalue weighted by atomic mass is 16.5. The fraction of sp³-hybridized carbons (Fsp3) is 1.00. The Morgan fingerprint density at radius 1 is 1.67 bits per heavy atom. The third kappa shape index (κ3) is 1.93. The molecule has 9 heavy (non-hydrogen) atoms. The number of ether oxygens (including phenoxy) is 1. The molecule has 3 N–H and O–H groups in total. The van der Waals surface area contributed by atoms with Gasteiger partial charge in [0.2, 0.25) is 0 Å². The maximum Gasteiger partial charge on any atom is 0.0820 e. The lowest BCUT2D eigenvalue weighted by molar-refractivity contribution is -0.0237. The minimum absolute atomic E-state index is 0.00579. The minimum Gasteiger partial charge on any atom is -0.394 e. The molecule has 1 aliphatic heterocycles. The van der Waals surface area contributed by atoms with Crippen LogP contribution in [-0.4, -0.2) is 30.5 Å². The first-order valence-corrected chi connectivity index (χ1v) is 3.31. The van der Waals surface area contributed by atoms with Crippen molar-refractivity contribution >= 4 is 0 Å². The van der Waals surface area contributed by atoms with Crippen LogP contribution in [-0.2, 0) is 4.74 Å². The van der Waals surface area contributed by atoms with Crippen molar-refractivity contribution in [2.24, 2.45) is 5.73 Å². The molecular formula is C6H13NO2. The summed E-state index contributed by atoms with van der Waals surface area (Å²) in [7, 11) is 0. The molecular weight excluding hydrogens is 118 g/mol. The van der Waals surface area contributed by atoms with E-state index in [1.807, 2.05) is 0 Å². The molecule has 54 valence electrons. The molecule has 0 amide bonds. The van der Waals surface area contributed by atoms with Crippen molar-refractivity contribution in [1.82, 2.24) is 0 Å². The molecule has 0 unspecified atom stereocenters. The average molecular weight is 131 g/mol. The van der Waals surface area contributed by atoms with Crippen molar-refractivity contribution in [3.8, 4) is 0 Å². The van der Waals surface area contributed by atoms with Crippen LogP contribution in [0.2, 0.25) is 0 Å². The Kier molecular flexibility index (Phi) is 2.45. The van der Waals surface area contributed by atoms with Crippen molar-refractivity contribution in [2.75, 3.05) is 13.2 Å². The maximum absolute atomic E-state index is 8.63. The van der Waals surface area contributed by atoms with Crippen LogP contribution in [0.15, 0.2) is 0 Å². The summed E-state index contributed by atoms with van der Waals surface area (Å²) in [6.45, 7) is 0.806. The summed E-state index contributed by atoms with van der Waals surface area (Å²) in [6.07, 6.45) is 1.72. The van der Waals surface area contributed by atoms with Gasteiger partial charge in [0.05, 0.1) is 12.7 Å². The van der Waals surface area contributed by atoms with E-state index in [1.165, 1.54) is 0 Å². The molecule has 1 heterocycles. The van der Waals surface area contributed by atoms with Gasteiger partial charge in [-0.3, -0.25) is 0 Å². The van der Waals surface area contributed by atoms with Gasteiger partial charge in [0.1, 0.15) is 0 Å². The van der Waals surface area contributed by atoms with Crippen LogP contribution in [0.3, 0.4) is 0 Å². The average Bonchev–Trinajstić information content (AvgIpc) is 1.88. The Morgan fingerprint density at radius 2 is 2.44 bits per heavy atom. The second-order valence-electron chi connectivity index (χ2n) is 2.46. The van der Waals surface area contributed by atoms with Gasteiger partial charge in [-0.1, -0.05) is 0 Å². The van der Waals surface area contributed by atoms with E-state index in [0.29, 0.717) is 6.61 Å². The van der Waals surface area contributed by atoms with Crippen LogP contribution in [0.1, 0.15) is 12.8 Å². The van der Waals surface area contributed by atoms with E-state index in [4.69, 9.17) is 15.6 Å². The van der Waals surface area contributed by atoms with Gasteiger partial charge in [-0.25, -0.2) is 0 Å². The minimum atomic E-state index is -0.00579. The van der Waals surface area contributed by atoms with Gasteiger partial charge < -0.3 is 15.6 Å². The van der Waals surface area contributed by atoms with E-state index in [1.54, 1.807) is 0 Å². The van der Waals surface area contributed by atoms with Gasteiger partial charge in [0, 0.05) is 12.6 Å². The van der Waals surface area contributed by atoms with Crippen molar-refractivity contribution in [3.05, 3.63) is 0 Å². The summed E-state index contributed by atoms with van der Waals surface area (Å²) >= 11 is 0. The van der Waals surface area contributed by atoms with Crippen LogP contribution in [0, 0.1) is 0 Å². The molecule has 1 rings (SSSR count). The van der Waals surface area contributed by atoms with Crippen LogP contribution in [0.25, 0.3) is 0 Å². The number of hydrogen-bond acceptors (Lipinski definition) is 3. The van der Waals surface area contributed by atoms with Gasteiger partial charge in [-0.15, -0.1) is 0 Å². The standard InChI is InChI=1S/C6H13NO2/c7-5-1-2-9-6(3-5)4-8/h5-6,8H,1-4,7H2/t5-,6-/m0/s1. The van der Waals surface area contributed by atoms with Gasteiger partial charge in [0.25, 0.3) is 0 Å². The van der Waals surface area contributed by atoms with Crippen LogP contribution in [0.5, 0.6) is 0 Å². The molecule has 1 fully saturated rings. The molecule has 0 aromatic heterocycles. The number of aliphatic hydroxyl groups excluding tert-OH is 1. The van der Waals surface area contributed by atoms with E-state index in [9.17, 15) is 0 Å². The lowest BCUT2D eigenvalue weighted by Gasteiger charge is -2.25. The first-order valence-electron chi connectivity index (χ1n) is 3.31. The molecule has 1 aliphatic rings. The van der Waals surface area contributed by atoms with Crippen LogP contribution >= 0.6 is 0 Å². The highest BCUT2D eigenvalue weighted by Crippen LogP contribution is 2.10. The largest absolute Gasteiger partial charge is 0.394 e. The van der Waals surface area contributed by atoms with E-state index in [2.05, 4.69) is 0 Å². The molecule has 0 aliphatic carbocycles. The summed E-state index contributed by atoms with van der Waals surface area (Å²) < 4.78 is 5.17. The normalized spacial score (nSPS) is 36.7. The van der Waals surface area contributed by atoms with Crippen molar-refractivity contribution in [1.29, 1.82) is 0 Å². The van der Waals surface area contributed by atoms with E-state index < -0.39 is 0 Å². The molecule has 3 heteroatoms.